The van der Waals surface area contributed by atoms with Gasteiger partial charge in [-0.3, -0.25) is 4.90 Å². The molecule has 0 bridgehead atoms. The molecule has 0 saturated carbocycles. The predicted octanol–water partition coefficient (Wildman–Crippen LogP) is 2.75. The molecule has 0 heterocycles. The molecule has 20 heavy (non-hydrogen) atoms. The van der Waals surface area contributed by atoms with Crippen molar-refractivity contribution < 1.29 is 19.4 Å². The molecule has 5 nitrogen and oxygen atoms in total. The van der Waals surface area contributed by atoms with Crippen molar-refractivity contribution in [1.82, 2.24) is 4.90 Å². The number of carbonyl (C=O) groups excluding carboxylic acids is 1. The Morgan fingerprint density at radius 3 is 2.40 bits per heavy atom. The highest BCUT2D eigenvalue weighted by Gasteiger charge is 2.31. The monoisotopic (exact) mass is 279 g/mol. The second kappa shape index (κ2) is 7.53. The number of rotatable bonds is 6. The summed E-state index contributed by atoms with van der Waals surface area (Å²) in [6, 6.07) is 8.40. The number of carbonyl (C=O) groups is 2. The van der Waals surface area contributed by atoms with Crippen molar-refractivity contribution in [1.29, 1.82) is 0 Å². The summed E-state index contributed by atoms with van der Waals surface area (Å²) in [5.41, 5.74) is 0.865. The van der Waals surface area contributed by atoms with Gasteiger partial charge in [-0.05, 0) is 11.5 Å². The number of amides is 1. The highest BCUT2D eigenvalue weighted by atomic mass is 16.6. The fourth-order valence-corrected chi connectivity index (χ4v) is 1.95. The number of likely N-dealkylation sites (N-methyl/N-ethyl adjacent to an activating group) is 1. The maximum atomic E-state index is 11.9. The second-order valence-electron chi connectivity index (χ2n) is 4.82. The van der Waals surface area contributed by atoms with Crippen LogP contribution >= 0.6 is 0 Å². The van der Waals surface area contributed by atoms with Gasteiger partial charge in [-0.2, -0.15) is 0 Å². The summed E-state index contributed by atoms with van der Waals surface area (Å²) in [5.74, 6) is -1.15. The number of benzene rings is 1. The van der Waals surface area contributed by atoms with Gasteiger partial charge < -0.3 is 9.84 Å². The summed E-state index contributed by atoms with van der Waals surface area (Å²) in [6.07, 6.45) is 0.0503. The maximum absolute atomic E-state index is 11.9. The molecule has 0 saturated heterocycles. The zero-order chi connectivity index (χ0) is 15.1. The first-order valence-corrected chi connectivity index (χ1v) is 6.63. The lowest BCUT2D eigenvalue weighted by Gasteiger charge is -2.28. The van der Waals surface area contributed by atoms with Gasteiger partial charge in [-0.15, -0.1) is 0 Å². The summed E-state index contributed by atoms with van der Waals surface area (Å²) >= 11 is 0. The lowest BCUT2D eigenvalue weighted by atomic mass is 9.98. The zero-order valence-electron chi connectivity index (χ0n) is 12.1. The molecule has 0 aliphatic heterocycles. The van der Waals surface area contributed by atoms with Crippen molar-refractivity contribution in [3.63, 3.8) is 0 Å². The standard InChI is InChI=1S/C15H21NO4/c1-4-11(2)13(14(17)18)16(3)15(19)20-10-12-8-6-5-7-9-12/h5-9,11,13H,4,10H2,1-3H3,(H,17,18)/t11-,13-/m0/s1. The SMILES string of the molecule is CC[C@H](C)[C@@H](C(=O)O)N(C)C(=O)OCc1ccccc1. The Labute approximate surface area is 119 Å². The van der Waals surface area contributed by atoms with E-state index in [0.717, 1.165) is 10.5 Å². The van der Waals surface area contributed by atoms with Gasteiger partial charge in [0.1, 0.15) is 12.6 Å². The summed E-state index contributed by atoms with van der Waals surface area (Å²) in [6.45, 7) is 3.83. The summed E-state index contributed by atoms with van der Waals surface area (Å²) in [5, 5.41) is 9.23. The Balaban J connectivity index is 2.63. The van der Waals surface area contributed by atoms with Gasteiger partial charge in [0.2, 0.25) is 0 Å². The third-order valence-corrected chi connectivity index (χ3v) is 3.35. The quantitative estimate of drug-likeness (QED) is 0.869. The van der Waals surface area contributed by atoms with E-state index >= 15 is 0 Å². The van der Waals surface area contributed by atoms with E-state index in [1.54, 1.807) is 6.92 Å². The van der Waals surface area contributed by atoms with Crippen LogP contribution in [0.25, 0.3) is 0 Å². The van der Waals surface area contributed by atoms with Gasteiger partial charge in [0, 0.05) is 7.05 Å². The topological polar surface area (TPSA) is 66.8 Å². The number of hydrogen-bond acceptors (Lipinski definition) is 3. The number of aliphatic carboxylic acids is 1. The van der Waals surface area contributed by atoms with E-state index in [-0.39, 0.29) is 12.5 Å². The number of carboxylic acids is 1. The van der Waals surface area contributed by atoms with E-state index in [1.165, 1.54) is 7.05 Å². The Morgan fingerprint density at radius 1 is 1.30 bits per heavy atom. The van der Waals surface area contributed by atoms with Gasteiger partial charge in [-0.1, -0.05) is 50.6 Å². The van der Waals surface area contributed by atoms with Gasteiger partial charge in [-0.25, -0.2) is 9.59 Å². The van der Waals surface area contributed by atoms with Gasteiger partial charge >= 0.3 is 12.1 Å². The molecule has 0 aliphatic rings. The smallest absolute Gasteiger partial charge is 0.410 e. The minimum atomic E-state index is -1.02. The Hall–Kier alpha value is -2.04. The summed E-state index contributed by atoms with van der Waals surface area (Å²) in [4.78, 5) is 24.3. The largest absolute Gasteiger partial charge is 0.480 e. The first-order chi connectivity index (χ1) is 9.47. The fourth-order valence-electron chi connectivity index (χ4n) is 1.95. The van der Waals surface area contributed by atoms with Crippen LogP contribution in [0.5, 0.6) is 0 Å². The average molecular weight is 279 g/mol. The average Bonchev–Trinajstić information content (AvgIpc) is 2.45. The minimum absolute atomic E-state index is 0.136. The van der Waals surface area contributed by atoms with Crippen LogP contribution < -0.4 is 0 Å². The number of hydrogen-bond donors (Lipinski definition) is 1. The lowest BCUT2D eigenvalue weighted by Crippen LogP contribution is -2.46. The van der Waals surface area contributed by atoms with Crippen molar-refractivity contribution in [2.75, 3.05) is 7.05 Å². The molecular formula is C15H21NO4. The minimum Gasteiger partial charge on any atom is -0.480 e. The lowest BCUT2D eigenvalue weighted by molar-refractivity contribution is -0.144. The van der Waals surface area contributed by atoms with Crippen LogP contribution in [0, 0.1) is 5.92 Å². The van der Waals surface area contributed by atoms with E-state index in [2.05, 4.69) is 0 Å². The number of carboxylic acid groups (broad SMARTS) is 1. The molecule has 1 N–H and O–H groups in total. The molecule has 0 fully saturated rings. The van der Waals surface area contributed by atoms with E-state index in [0.29, 0.717) is 6.42 Å². The van der Waals surface area contributed by atoms with Gasteiger partial charge in [0.15, 0.2) is 0 Å². The van der Waals surface area contributed by atoms with Crippen LogP contribution in [-0.4, -0.2) is 35.2 Å². The summed E-state index contributed by atoms with van der Waals surface area (Å²) in [7, 11) is 1.46. The van der Waals surface area contributed by atoms with Crippen LogP contribution in [0.4, 0.5) is 4.79 Å². The van der Waals surface area contributed by atoms with Gasteiger partial charge in [0.05, 0.1) is 0 Å². The van der Waals surface area contributed by atoms with Crippen LogP contribution in [0.15, 0.2) is 30.3 Å². The third-order valence-electron chi connectivity index (χ3n) is 3.35. The van der Waals surface area contributed by atoms with Crippen LogP contribution in [0.2, 0.25) is 0 Å². The fraction of sp³-hybridized carbons (Fsp3) is 0.467. The molecule has 0 aliphatic carbocycles. The molecule has 0 unspecified atom stereocenters. The highest BCUT2D eigenvalue weighted by molar-refractivity contribution is 5.80. The number of ether oxygens (including phenoxy) is 1. The van der Waals surface area contributed by atoms with E-state index in [1.807, 2.05) is 37.3 Å². The van der Waals surface area contributed by atoms with Gasteiger partial charge in [0.25, 0.3) is 0 Å². The predicted molar refractivity (Wildman–Crippen MR) is 75.3 cm³/mol. The molecule has 110 valence electrons. The molecule has 5 heteroatoms. The van der Waals surface area contributed by atoms with Crippen molar-refractivity contribution in [3.8, 4) is 0 Å². The van der Waals surface area contributed by atoms with Crippen molar-refractivity contribution in [2.45, 2.75) is 32.9 Å². The molecular weight excluding hydrogens is 258 g/mol. The Bertz CT molecular complexity index is 446. The third kappa shape index (κ3) is 4.26. The number of nitrogens with zero attached hydrogens (tertiary/aromatic N) is 1. The maximum Gasteiger partial charge on any atom is 0.410 e. The Kier molecular flexibility index (Phi) is 6.03. The summed E-state index contributed by atoms with van der Waals surface area (Å²) < 4.78 is 5.14. The van der Waals surface area contributed by atoms with Crippen LogP contribution in [0.3, 0.4) is 0 Å². The molecule has 1 amide bonds. The van der Waals surface area contributed by atoms with Crippen molar-refractivity contribution in [2.24, 2.45) is 5.92 Å². The van der Waals surface area contributed by atoms with Crippen molar-refractivity contribution in [3.05, 3.63) is 35.9 Å². The van der Waals surface area contributed by atoms with Crippen LogP contribution in [0.1, 0.15) is 25.8 Å². The Morgan fingerprint density at radius 2 is 1.90 bits per heavy atom. The second-order valence-corrected chi connectivity index (χ2v) is 4.82. The van der Waals surface area contributed by atoms with E-state index in [9.17, 15) is 14.7 Å². The molecule has 1 aromatic rings. The van der Waals surface area contributed by atoms with Crippen molar-refractivity contribution >= 4 is 12.1 Å². The molecule has 0 spiro atoms. The first kappa shape index (κ1) is 16.0. The zero-order valence-corrected chi connectivity index (χ0v) is 12.1. The van der Waals surface area contributed by atoms with E-state index in [4.69, 9.17) is 4.74 Å². The highest BCUT2D eigenvalue weighted by Crippen LogP contribution is 2.15. The molecule has 1 aromatic carbocycles. The molecule has 0 aromatic heterocycles. The molecule has 0 radical (unpaired) electrons. The normalized spacial score (nSPS) is 13.3. The van der Waals surface area contributed by atoms with E-state index < -0.39 is 18.1 Å². The molecule has 2 atom stereocenters. The molecule has 1 rings (SSSR count). The van der Waals surface area contributed by atoms with Crippen LogP contribution in [-0.2, 0) is 16.1 Å². The first-order valence-electron chi connectivity index (χ1n) is 6.63.